The van der Waals surface area contributed by atoms with Crippen LogP contribution >= 0.6 is 19.2 Å². The summed E-state index contributed by atoms with van der Waals surface area (Å²) in [6, 6.07) is 0.435. The summed E-state index contributed by atoms with van der Waals surface area (Å²) in [5, 5.41) is 17.2. The molecule has 7 atom stereocenters. The Morgan fingerprint density at radius 2 is 1.85 bits per heavy atom. The summed E-state index contributed by atoms with van der Waals surface area (Å²) in [6.07, 6.45) is 2.17. The molecule has 1 fully saturated rings. The first-order chi connectivity index (χ1) is 25.0. The third kappa shape index (κ3) is 13.8. The van der Waals surface area contributed by atoms with E-state index in [1.165, 1.54) is 42.6 Å². The summed E-state index contributed by atoms with van der Waals surface area (Å²) < 4.78 is 22.7. The van der Waals surface area contributed by atoms with Crippen LogP contribution in [0.3, 0.4) is 0 Å². The molecule has 4 amide bonds. The minimum Gasteiger partial charge on any atom is -0.394 e. The molecule has 1 aliphatic heterocycles. The number of imidazole rings is 1. The number of rotatable bonds is 23. The summed E-state index contributed by atoms with van der Waals surface area (Å²) in [5.41, 5.74) is 6.02. The number of likely N-dealkylation sites (tertiary alicyclic amines) is 1. The molecule has 0 aromatic carbocycles. The third-order valence-electron chi connectivity index (χ3n) is 8.94. The number of aliphatic hydroxyl groups is 1. The number of H-pyrrole nitrogens is 1. The number of ketones is 2. The number of amides is 4. The largest absolute Gasteiger partial charge is 0.472 e. The van der Waals surface area contributed by atoms with Crippen molar-refractivity contribution in [2.75, 3.05) is 19.8 Å². The van der Waals surface area contributed by atoms with Gasteiger partial charge in [-0.3, -0.25) is 37.8 Å². The number of aromatic nitrogens is 2. The van der Waals surface area contributed by atoms with Crippen LogP contribution in [0.4, 0.5) is 0 Å². The van der Waals surface area contributed by atoms with Crippen LogP contribution in [-0.2, 0) is 55.2 Å². The summed E-state index contributed by atoms with van der Waals surface area (Å²) in [4.78, 5) is 97.9. The molecule has 2 aromatic rings. The van der Waals surface area contributed by atoms with Gasteiger partial charge in [0.05, 0.1) is 43.5 Å². The maximum Gasteiger partial charge on any atom is 0.472 e. The Morgan fingerprint density at radius 3 is 2.43 bits per heavy atom. The molecule has 0 bridgehead atoms. The molecule has 0 aliphatic carbocycles. The van der Waals surface area contributed by atoms with Crippen LogP contribution in [-0.4, -0.2) is 104 Å². The van der Waals surface area contributed by atoms with Gasteiger partial charge in [0.2, 0.25) is 23.6 Å². The molecule has 7 N–H and O–H groups in total. The molecule has 1 aliphatic rings. The highest BCUT2D eigenvalue weighted by Gasteiger charge is 2.38. The number of carbonyl (C=O) groups is 6. The maximum absolute atomic E-state index is 13.8. The second-order valence-corrected chi connectivity index (χ2v) is 16.0. The van der Waals surface area contributed by atoms with Crippen LogP contribution in [0.2, 0.25) is 0 Å². The van der Waals surface area contributed by atoms with Crippen LogP contribution in [0.1, 0.15) is 70.4 Å². The molecule has 1 saturated heterocycles. The number of nitrogens with two attached hydrogens (primary N) is 1. The van der Waals surface area contributed by atoms with E-state index in [-0.39, 0.29) is 37.7 Å². The van der Waals surface area contributed by atoms with Crippen LogP contribution in [0.25, 0.3) is 0 Å². The Labute approximate surface area is 312 Å². The van der Waals surface area contributed by atoms with E-state index in [0.717, 1.165) is 4.88 Å². The molecule has 0 radical (unpaired) electrons. The van der Waals surface area contributed by atoms with Crippen LogP contribution in [0.15, 0.2) is 30.0 Å². The standard InChI is InChI=1S/C34H51N6O11PS/c1-20(2)13-27(38-34(47)29-8-5-10-40(29)22(4)42)30(43)15-23(14-24-17-36-19-37-24)33(46)39-28(18-41)31(44)16-26(32(35)45)21(3)51-52(48,49)50-11-9-25-7-6-12-53-25/h6-7,12,17,19-21,23,26-29,41H,5,8-11,13-16,18H2,1-4H3,(H2,35,45)(H,36,37)(H,38,47)(H,39,46)(H,48,49)/t21-,23-,26+,27+,28+,29+/m1/s1. The lowest BCUT2D eigenvalue weighted by atomic mass is 9.89. The highest BCUT2D eigenvalue weighted by atomic mass is 32.1. The van der Waals surface area contributed by atoms with Gasteiger partial charge < -0.3 is 36.3 Å². The van der Waals surface area contributed by atoms with Crippen molar-refractivity contribution < 1.29 is 52.4 Å². The molecule has 294 valence electrons. The lowest BCUT2D eigenvalue weighted by Crippen LogP contribution is -2.52. The molecule has 0 spiro atoms. The lowest BCUT2D eigenvalue weighted by Gasteiger charge is -2.27. The van der Waals surface area contributed by atoms with Gasteiger partial charge in [-0.1, -0.05) is 19.9 Å². The number of aromatic amines is 1. The van der Waals surface area contributed by atoms with Gasteiger partial charge in [-0.2, -0.15) is 0 Å². The fraction of sp³-hybridized carbons (Fsp3) is 0.618. The predicted octanol–water partition coefficient (Wildman–Crippen LogP) is 1.43. The average Bonchev–Trinajstić information content (AvgIpc) is 3.88. The zero-order chi connectivity index (χ0) is 39.3. The first-order valence-electron chi connectivity index (χ1n) is 17.5. The Balaban J connectivity index is 1.69. The number of nitrogens with one attached hydrogen (secondary N) is 3. The van der Waals surface area contributed by atoms with Gasteiger partial charge in [-0.05, 0) is 43.6 Å². The number of hydrogen-bond acceptors (Lipinski definition) is 12. The first kappa shape index (κ1) is 43.6. The number of carbonyl (C=O) groups excluding carboxylic acids is 6. The summed E-state index contributed by atoms with van der Waals surface area (Å²) >= 11 is 1.44. The zero-order valence-corrected chi connectivity index (χ0v) is 32.1. The number of thiophene rings is 1. The first-order valence-corrected chi connectivity index (χ1v) is 19.9. The number of aliphatic hydroxyl groups excluding tert-OH is 1. The molecular weight excluding hydrogens is 731 g/mol. The van der Waals surface area contributed by atoms with E-state index < -0.39 is 86.2 Å². The zero-order valence-electron chi connectivity index (χ0n) is 30.4. The van der Waals surface area contributed by atoms with Crippen molar-refractivity contribution in [1.29, 1.82) is 0 Å². The fourth-order valence-electron chi connectivity index (χ4n) is 6.14. The Hall–Kier alpha value is -3.80. The predicted molar refractivity (Wildman–Crippen MR) is 193 cm³/mol. The summed E-state index contributed by atoms with van der Waals surface area (Å²) in [6.45, 7) is 5.81. The van der Waals surface area contributed by atoms with Crippen molar-refractivity contribution >= 4 is 54.4 Å². The molecule has 19 heteroatoms. The fourth-order valence-corrected chi connectivity index (χ4v) is 7.78. The molecule has 0 saturated carbocycles. The maximum atomic E-state index is 13.8. The van der Waals surface area contributed by atoms with Crippen molar-refractivity contribution in [3.63, 3.8) is 0 Å². The monoisotopic (exact) mass is 782 g/mol. The van der Waals surface area contributed by atoms with E-state index in [2.05, 4.69) is 20.6 Å². The Morgan fingerprint density at radius 1 is 1.13 bits per heavy atom. The normalized spacial score (nSPS) is 18.4. The second kappa shape index (κ2) is 20.6. The summed E-state index contributed by atoms with van der Waals surface area (Å²) in [5.74, 6) is -6.31. The molecule has 2 aromatic heterocycles. The number of primary amides is 1. The number of phosphoric ester groups is 1. The SMILES string of the molecule is CC(=O)N1CCC[C@H]1C(=O)N[C@@H](CC(C)C)C(=O)C[C@@H](Cc1cnc[nH]1)C(=O)N[C@@H](CO)C(=O)C[C@H](C(N)=O)[C@@H](C)OP(=O)(O)OCCc1cccs1. The molecule has 53 heavy (non-hydrogen) atoms. The highest BCUT2D eigenvalue weighted by molar-refractivity contribution is 7.47. The molecular formula is C34H51N6O11PS. The van der Waals surface area contributed by atoms with Crippen LogP contribution in [0.5, 0.6) is 0 Å². The quantitative estimate of drug-likeness (QED) is 0.0876. The van der Waals surface area contributed by atoms with Gasteiger partial charge in [-0.25, -0.2) is 9.55 Å². The number of phosphoric acid groups is 1. The van der Waals surface area contributed by atoms with E-state index in [1.54, 1.807) is 0 Å². The van der Waals surface area contributed by atoms with Crippen molar-refractivity contribution in [3.05, 3.63) is 40.6 Å². The van der Waals surface area contributed by atoms with Gasteiger partial charge in [-0.15, -0.1) is 11.3 Å². The number of Topliss-reactive ketones (excluding diaryl/α,β-unsaturated/α-hetero) is 2. The van der Waals surface area contributed by atoms with Crippen molar-refractivity contribution in [2.45, 2.75) is 96.9 Å². The second-order valence-electron chi connectivity index (χ2n) is 13.6. The van der Waals surface area contributed by atoms with Crippen molar-refractivity contribution in [3.8, 4) is 0 Å². The van der Waals surface area contributed by atoms with Crippen molar-refractivity contribution in [2.24, 2.45) is 23.5 Å². The van der Waals surface area contributed by atoms with Crippen LogP contribution in [0, 0.1) is 17.8 Å². The topological polar surface area (TPSA) is 260 Å². The van der Waals surface area contributed by atoms with Gasteiger partial charge >= 0.3 is 7.82 Å². The number of nitrogens with zero attached hydrogens (tertiary/aromatic N) is 2. The molecule has 17 nitrogen and oxygen atoms in total. The molecule has 3 rings (SSSR count). The number of hydrogen-bond donors (Lipinski definition) is 6. The Bertz CT molecular complexity index is 1590. The average molecular weight is 783 g/mol. The van der Waals surface area contributed by atoms with Gasteiger partial charge in [0.1, 0.15) is 12.1 Å². The smallest absolute Gasteiger partial charge is 0.394 e. The van der Waals surface area contributed by atoms with E-state index in [0.29, 0.717) is 31.5 Å². The third-order valence-corrected chi connectivity index (χ3v) is 11.0. The van der Waals surface area contributed by atoms with E-state index in [9.17, 15) is 43.3 Å². The molecule has 1 unspecified atom stereocenters. The van der Waals surface area contributed by atoms with Crippen molar-refractivity contribution in [1.82, 2.24) is 25.5 Å². The van der Waals surface area contributed by atoms with E-state index in [1.807, 2.05) is 31.4 Å². The van der Waals surface area contributed by atoms with Crippen LogP contribution < -0.4 is 16.4 Å². The minimum atomic E-state index is -4.67. The highest BCUT2D eigenvalue weighted by Crippen LogP contribution is 2.46. The minimum absolute atomic E-state index is 0.0138. The van der Waals surface area contributed by atoms with E-state index >= 15 is 0 Å². The Kier molecular flexibility index (Phi) is 16.9. The summed E-state index contributed by atoms with van der Waals surface area (Å²) in [7, 11) is -4.67. The van der Waals surface area contributed by atoms with Gasteiger partial charge in [0.15, 0.2) is 11.6 Å². The molecule has 3 heterocycles. The van der Waals surface area contributed by atoms with Gasteiger partial charge in [0.25, 0.3) is 0 Å². The van der Waals surface area contributed by atoms with Gasteiger partial charge in [0, 0.05) is 55.9 Å². The van der Waals surface area contributed by atoms with E-state index in [4.69, 9.17) is 14.8 Å². The lowest BCUT2D eigenvalue weighted by molar-refractivity contribution is -0.138.